The molecule has 0 nitrogen and oxygen atoms in total. The summed E-state index contributed by atoms with van der Waals surface area (Å²) in [6.07, 6.45) is 8.65. The van der Waals surface area contributed by atoms with Crippen molar-refractivity contribution in [1.29, 1.82) is 0 Å². The van der Waals surface area contributed by atoms with Crippen LogP contribution in [0.4, 0.5) is 0 Å². The lowest BCUT2D eigenvalue weighted by Gasteiger charge is -2.36. The zero-order valence-corrected chi connectivity index (χ0v) is 8.71. The van der Waals surface area contributed by atoms with Gasteiger partial charge in [-0.3, -0.25) is 0 Å². The Morgan fingerprint density at radius 1 is 0.786 bits per heavy atom. The summed E-state index contributed by atoms with van der Waals surface area (Å²) in [7, 11) is 0. The van der Waals surface area contributed by atoms with Crippen molar-refractivity contribution in [3.63, 3.8) is 0 Å². The Morgan fingerprint density at radius 3 is 1.79 bits per heavy atom. The molecule has 0 unspecified atom stereocenters. The maximum absolute atomic E-state index is 2.33. The summed E-state index contributed by atoms with van der Waals surface area (Å²) in [5.41, 5.74) is 3.27. The topological polar surface area (TPSA) is 0 Å². The zero-order chi connectivity index (χ0) is 9.38. The van der Waals surface area contributed by atoms with Gasteiger partial charge in [0.15, 0.2) is 0 Å². The Balaban J connectivity index is 1.91. The first kappa shape index (κ1) is 8.52. The molecule has 1 saturated carbocycles. The van der Waals surface area contributed by atoms with Gasteiger partial charge in [0.05, 0.1) is 0 Å². The van der Waals surface area contributed by atoms with Crippen molar-refractivity contribution >= 4 is 0 Å². The van der Waals surface area contributed by atoms with Crippen molar-refractivity contribution < 1.29 is 0 Å². The van der Waals surface area contributed by atoms with E-state index in [0.29, 0.717) is 0 Å². The summed E-state index contributed by atoms with van der Waals surface area (Å²) >= 11 is 0. The molecule has 2 aliphatic carbocycles. The summed E-state index contributed by atoms with van der Waals surface area (Å²) in [5.74, 6) is 2.03. The van der Waals surface area contributed by atoms with Crippen LogP contribution in [0.2, 0.25) is 0 Å². The Morgan fingerprint density at radius 2 is 1.29 bits per heavy atom. The highest BCUT2D eigenvalue weighted by atomic mass is 14.3. The van der Waals surface area contributed by atoms with Crippen molar-refractivity contribution in [3.05, 3.63) is 35.4 Å². The predicted molar refractivity (Wildman–Crippen MR) is 59.3 cm³/mol. The minimum Gasteiger partial charge on any atom is -0.0620 e. The summed E-state index contributed by atoms with van der Waals surface area (Å²) < 4.78 is 0. The van der Waals surface area contributed by atoms with Gasteiger partial charge in [-0.05, 0) is 48.6 Å². The Hall–Kier alpha value is -0.780. The molecule has 3 rings (SSSR count). The molecular weight excluding hydrogens is 168 g/mol. The number of benzene rings is 1. The molecule has 0 N–H and O–H groups in total. The second-order valence-electron chi connectivity index (χ2n) is 4.98. The van der Waals surface area contributed by atoms with Gasteiger partial charge < -0.3 is 0 Å². The fraction of sp³-hybridized carbons (Fsp3) is 0.571. The fourth-order valence-corrected chi connectivity index (χ4v) is 3.34. The van der Waals surface area contributed by atoms with E-state index in [1.807, 2.05) is 0 Å². The van der Waals surface area contributed by atoms with Crippen LogP contribution in [0.25, 0.3) is 0 Å². The van der Waals surface area contributed by atoms with E-state index in [1.165, 1.54) is 38.5 Å². The van der Waals surface area contributed by atoms with Crippen molar-refractivity contribution in [2.45, 2.75) is 38.5 Å². The highest BCUT2D eigenvalue weighted by Gasteiger charge is 2.29. The van der Waals surface area contributed by atoms with Crippen molar-refractivity contribution in [2.24, 2.45) is 11.8 Å². The average Bonchev–Trinajstić information content (AvgIpc) is 2.26. The smallest absolute Gasteiger partial charge is 0.0245 e. The van der Waals surface area contributed by atoms with E-state index in [-0.39, 0.29) is 0 Å². The van der Waals surface area contributed by atoms with Gasteiger partial charge in [0.2, 0.25) is 0 Å². The monoisotopic (exact) mass is 186 g/mol. The molecular formula is C14H18. The van der Waals surface area contributed by atoms with Gasteiger partial charge in [0.1, 0.15) is 0 Å². The molecule has 0 amide bonds. The zero-order valence-electron chi connectivity index (χ0n) is 8.71. The number of hydrogen-bond acceptors (Lipinski definition) is 0. The highest BCUT2D eigenvalue weighted by Crippen LogP contribution is 2.39. The first-order valence-electron chi connectivity index (χ1n) is 6.00. The van der Waals surface area contributed by atoms with Gasteiger partial charge in [-0.2, -0.15) is 0 Å². The molecule has 0 saturated heterocycles. The van der Waals surface area contributed by atoms with E-state index in [4.69, 9.17) is 0 Å². The van der Waals surface area contributed by atoms with E-state index >= 15 is 0 Å². The van der Waals surface area contributed by atoms with E-state index in [9.17, 15) is 0 Å². The summed E-state index contributed by atoms with van der Waals surface area (Å²) in [5, 5.41) is 0. The molecule has 14 heavy (non-hydrogen) atoms. The second kappa shape index (κ2) is 3.42. The van der Waals surface area contributed by atoms with Gasteiger partial charge >= 0.3 is 0 Å². The first-order valence-corrected chi connectivity index (χ1v) is 6.00. The normalized spacial score (nSPS) is 30.6. The van der Waals surface area contributed by atoms with E-state index in [1.54, 1.807) is 11.1 Å². The molecule has 0 bridgehead atoms. The molecule has 0 aliphatic heterocycles. The standard InChI is InChI=1S/C14H18/c1-2-6-12-10-14-8-4-3-7-13(14)9-11(12)5-1/h1-2,5-6,13-14H,3-4,7-10H2/t13-,14+. The Kier molecular flexibility index (Phi) is 2.08. The largest absolute Gasteiger partial charge is 0.0620 e. The molecule has 0 radical (unpaired) electrons. The van der Waals surface area contributed by atoms with Crippen LogP contribution in [-0.4, -0.2) is 0 Å². The lowest BCUT2D eigenvalue weighted by Crippen LogP contribution is -2.28. The molecule has 1 aromatic carbocycles. The van der Waals surface area contributed by atoms with Gasteiger partial charge in [0, 0.05) is 0 Å². The van der Waals surface area contributed by atoms with Crippen LogP contribution in [0, 0.1) is 11.8 Å². The average molecular weight is 186 g/mol. The van der Waals surface area contributed by atoms with Crippen LogP contribution < -0.4 is 0 Å². The minimum absolute atomic E-state index is 1.01. The lowest BCUT2D eigenvalue weighted by atomic mass is 9.69. The second-order valence-corrected chi connectivity index (χ2v) is 4.98. The van der Waals surface area contributed by atoms with Crippen molar-refractivity contribution in [3.8, 4) is 0 Å². The van der Waals surface area contributed by atoms with Gasteiger partial charge in [-0.1, -0.05) is 37.1 Å². The highest BCUT2D eigenvalue weighted by molar-refractivity contribution is 5.30. The third kappa shape index (κ3) is 1.37. The molecule has 2 atom stereocenters. The van der Waals surface area contributed by atoms with E-state index in [2.05, 4.69) is 24.3 Å². The van der Waals surface area contributed by atoms with Crippen LogP contribution in [0.1, 0.15) is 36.8 Å². The number of rotatable bonds is 0. The molecule has 0 heterocycles. The Bertz CT molecular complexity index is 294. The quantitative estimate of drug-likeness (QED) is 0.581. The van der Waals surface area contributed by atoms with Crippen LogP contribution in [-0.2, 0) is 12.8 Å². The van der Waals surface area contributed by atoms with Crippen LogP contribution in [0.5, 0.6) is 0 Å². The Labute approximate surface area is 86.3 Å². The summed E-state index contributed by atoms with van der Waals surface area (Å²) in [4.78, 5) is 0. The minimum atomic E-state index is 1.01. The van der Waals surface area contributed by atoms with Crippen LogP contribution >= 0.6 is 0 Å². The van der Waals surface area contributed by atoms with Crippen LogP contribution in [0.3, 0.4) is 0 Å². The number of fused-ring (bicyclic) bond motifs is 2. The molecule has 1 aromatic rings. The first-order chi connectivity index (χ1) is 6.93. The maximum Gasteiger partial charge on any atom is -0.0245 e. The maximum atomic E-state index is 2.33. The molecule has 2 aliphatic rings. The summed E-state index contributed by atoms with van der Waals surface area (Å²) in [6, 6.07) is 9.06. The molecule has 74 valence electrons. The van der Waals surface area contributed by atoms with Crippen molar-refractivity contribution in [2.75, 3.05) is 0 Å². The lowest BCUT2D eigenvalue weighted by molar-refractivity contribution is 0.221. The predicted octanol–water partition coefficient (Wildman–Crippen LogP) is 3.59. The van der Waals surface area contributed by atoms with Gasteiger partial charge in [0.25, 0.3) is 0 Å². The third-order valence-electron chi connectivity index (χ3n) is 4.15. The van der Waals surface area contributed by atoms with Crippen molar-refractivity contribution in [1.82, 2.24) is 0 Å². The summed E-state index contributed by atoms with van der Waals surface area (Å²) in [6.45, 7) is 0. The molecule has 0 aromatic heterocycles. The molecule has 0 spiro atoms. The fourth-order valence-electron chi connectivity index (χ4n) is 3.34. The molecule has 0 heteroatoms. The number of hydrogen-bond donors (Lipinski definition) is 0. The SMILES string of the molecule is c1ccc2c(c1)C[C@H]1CCCC[C@H]1C2. The van der Waals surface area contributed by atoms with Gasteiger partial charge in [-0.25, -0.2) is 0 Å². The van der Waals surface area contributed by atoms with Crippen LogP contribution in [0.15, 0.2) is 24.3 Å². The third-order valence-corrected chi connectivity index (χ3v) is 4.15. The van der Waals surface area contributed by atoms with E-state index < -0.39 is 0 Å². The van der Waals surface area contributed by atoms with E-state index in [0.717, 1.165) is 11.8 Å². The molecule has 1 fully saturated rings. The van der Waals surface area contributed by atoms with Gasteiger partial charge in [-0.15, -0.1) is 0 Å².